The van der Waals surface area contributed by atoms with Crippen molar-refractivity contribution in [1.82, 2.24) is 0 Å². The molecule has 1 rings (SSSR count). The first kappa shape index (κ1) is 12.6. The van der Waals surface area contributed by atoms with E-state index in [0.717, 1.165) is 6.07 Å². The van der Waals surface area contributed by atoms with Crippen LogP contribution in [-0.4, -0.2) is 5.11 Å². The summed E-state index contributed by atoms with van der Waals surface area (Å²) in [5.74, 6) is -1.46. The van der Waals surface area contributed by atoms with Gasteiger partial charge in [-0.3, -0.25) is 0 Å². The average Bonchev–Trinajstić information content (AvgIpc) is 2.10. The molecule has 1 aromatic rings. The molecular weight excluding hydrogens is 266 g/mol. The number of aliphatic hydroxyl groups is 1. The van der Waals surface area contributed by atoms with Crippen molar-refractivity contribution in [2.75, 3.05) is 0 Å². The van der Waals surface area contributed by atoms with Gasteiger partial charge in [0, 0.05) is 0 Å². The second-order valence-corrected chi connectivity index (χ2v) is 5.38. The molecule has 15 heavy (non-hydrogen) atoms. The average molecular weight is 279 g/mol. The van der Waals surface area contributed by atoms with Gasteiger partial charge in [0.15, 0.2) is 0 Å². The first-order valence-electron chi connectivity index (χ1n) is 4.56. The normalized spacial score (nSPS) is 14.1. The zero-order valence-electron chi connectivity index (χ0n) is 8.81. The number of hydrogen-bond acceptors (Lipinski definition) is 1. The summed E-state index contributed by atoms with van der Waals surface area (Å²) in [6, 6.07) is 2.42. The Bertz CT molecular complexity index is 372. The van der Waals surface area contributed by atoms with Crippen LogP contribution in [0.5, 0.6) is 0 Å². The highest BCUT2D eigenvalue weighted by atomic mass is 79.9. The van der Waals surface area contributed by atoms with Gasteiger partial charge in [-0.1, -0.05) is 20.8 Å². The van der Waals surface area contributed by atoms with Gasteiger partial charge in [0.1, 0.15) is 11.6 Å². The van der Waals surface area contributed by atoms with Gasteiger partial charge in [0.25, 0.3) is 0 Å². The van der Waals surface area contributed by atoms with Gasteiger partial charge >= 0.3 is 0 Å². The van der Waals surface area contributed by atoms with Crippen LogP contribution in [-0.2, 0) is 0 Å². The highest BCUT2D eigenvalue weighted by Gasteiger charge is 2.29. The van der Waals surface area contributed by atoms with E-state index >= 15 is 0 Å². The molecule has 0 heterocycles. The van der Waals surface area contributed by atoms with Crippen LogP contribution >= 0.6 is 15.9 Å². The number of aliphatic hydroxyl groups excluding tert-OH is 1. The molecule has 1 atom stereocenters. The first-order chi connectivity index (χ1) is 6.75. The SMILES string of the molecule is CC(C)(C)C(O)c1c(F)ccc(Br)c1F. The fourth-order valence-electron chi connectivity index (χ4n) is 1.23. The lowest BCUT2D eigenvalue weighted by Gasteiger charge is -2.26. The highest BCUT2D eigenvalue weighted by molar-refractivity contribution is 9.10. The minimum absolute atomic E-state index is 0.155. The molecule has 1 unspecified atom stereocenters. The largest absolute Gasteiger partial charge is 0.388 e. The quantitative estimate of drug-likeness (QED) is 0.775. The van der Waals surface area contributed by atoms with E-state index in [4.69, 9.17) is 0 Å². The monoisotopic (exact) mass is 278 g/mol. The predicted molar refractivity (Wildman–Crippen MR) is 58.5 cm³/mol. The van der Waals surface area contributed by atoms with Gasteiger partial charge in [0.2, 0.25) is 0 Å². The Kier molecular flexibility index (Phi) is 3.51. The van der Waals surface area contributed by atoms with Gasteiger partial charge < -0.3 is 5.11 Å². The minimum atomic E-state index is -1.17. The Labute approximate surface area is 96.2 Å². The number of hydrogen-bond donors (Lipinski definition) is 1. The molecule has 0 radical (unpaired) electrons. The molecule has 4 heteroatoms. The molecule has 0 aromatic heterocycles. The van der Waals surface area contributed by atoms with Crippen molar-refractivity contribution in [1.29, 1.82) is 0 Å². The maximum atomic E-state index is 13.6. The van der Waals surface area contributed by atoms with Crippen molar-refractivity contribution in [2.24, 2.45) is 5.41 Å². The maximum Gasteiger partial charge on any atom is 0.146 e. The summed E-state index contributed by atoms with van der Waals surface area (Å²) in [5, 5.41) is 9.84. The maximum absolute atomic E-state index is 13.6. The molecule has 0 spiro atoms. The van der Waals surface area contributed by atoms with Gasteiger partial charge in [-0.05, 0) is 33.5 Å². The van der Waals surface area contributed by atoms with Crippen molar-refractivity contribution < 1.29 is 13.9 Å². The van der Waals surface area contributed by atoms with Crippen molar-refractivity contribution >= 4 is 15.9 Å². The van der Waals surface area contributed by atoms with Crippen LogP contribution in [0.3, 0.4) is 0 Å². The highest BCUT2D eigenvalue weighted by Crippen LogP contribution is 2.37. The van der Waals surface area contributed by atoms with Crippen molar-refractivity contribution in [3.05, 3.63) is 33.8 Å². The van der Waals surface area contributed by atoms with Crippen molar-refractivity contribution in [3.8, 4) is 0 Å². The molecule has 0 saturated carbocycles. The summed E-state index contributed by atoms with van der Waals surface area (Å²) in [6.07, 6.45) is -1.17. The van der Waals surface area contributed by atoms with Gasteiger partial charge in [-0.15, -0.1) is 0 Å². The summed E-state index contributed by atoms with van der Waals surface area (Å²) in [4.78, 5) is 0. The zero-order chi connectivity index (χ0) is 11.8. The van der Waals surface area contributed by atoms with Gasteiger partial charge in [-0.25, -0.2) is 8.78 Å². The van der Waals surface area contributed by atoms with E-state index in [2.05, 4.69) is 15.9 Å². The zero-order valence-corrected chi connectivity index (χ0v) is 10.4. The van der Waals surface area contributed by atoms with E-state index in [1.54, 1.807) is 20.8 Å². The molecule has 0 amide bonds. The van der Waals surface area contributed by atoms with Crippen molar-refractivity contribution in [3.63, 3.8) is 0 Å². The lowest BCUT2D eigenvalue weighted by Crippen LogP contribution is -2.20. The molecule has 84 valence electrons. The van der Waals surface area contributed by atoms with Crippen LogP contribution in [0.1, 0.15) is 32.4 Å². The lowest BCUT2D eigenvalue weighted by molar-refractivity contribution is 0.0559. The van der Waals surface area contributed by atoms with Crippen LogP contribution in [0.25, 0.3) is 0 Å². The van der Waals surface area contributed by atoms with E-state index in [-0.39, 0.29) is 10.0 Å². The predicted octanol–water partition coefficient (Wildman–Crippen LogP) is 3.81. The van der Waals surface area contributed by atoms with Crippen LogP contribution in [0.15, 0.2) is 16.6 Å². The molecule has 0 fully saturated rings. The van der Waals surface area contributed by atoms with Gasteiger partial charge in [0.05, 0.1) is 16.1 Å². The van der Waals surface area contributed by atoms with Crippen LogP contribution in [0.2, 0.25) is 0 Å². The summed E-state index contributed by atoms with van der Waals surface area (Å²) in [7, 11) is 0. The third-order valence-corrected chi connectivity index (χ3v) is 2.79. The Hall–Kier alpha value is -0.480. The first-order valence-corrected chi connectivity index (χ1v) is 5.36. The molecule has 0 aliphatic carbocycles. The van der Waals surface area contributed by atoms with Crippen LogP contribution in [0, 0.1) is 17.0 Å². The Morgan fingerprint density at radius 1 is 1.27 bits per heavy atom. The molecule has 0 aliphatic rings. The molecule has 1 N–H and O–H groups in total. The second kappa shape index (κ2) is 4.18. The number of benzene rings is 1. The van der Waals surface area contributed by atoms with E-state index in [1.165, 1.54) is 6.07 Å². The number of halogens is 3. The van der Waals surface area contributed by atoms with Crippen LogP contribution in [0.4, 0.5) is 8.78 Å². The summed E-state index contributed by atoms with van der Waals surface area (Å²) >= 11 is 2.96. The third-order valence-electron chi connectivity index (χ3n) is 2.17. The van der Waals surface area contributed by atoms with E-state index in [9.17, 15) is 13.9 Å². The fourth-order valence-corrected chi connectivity index (χ4v) is 1.57. The minimum Gasteiger partial charge on any atom is -0.388 e. The third kappa shape index (κ3) is 2.55. The molecule has 0 aliphatic heterocycles. The van der Waals surface area contributed by atoms with E-state index in [1.807, 2.05) is 0 Å². The Morgan fingerprint density at radius 3 is 2.27 bits per heavy atom. The summed E-state index contributed by atoms with van der Waals surface area (Å²) in [5.41, 5.74) is -0.889. The Balaban J connectivity index is 3.31. The molecule has 0 bridgehead atoms. The fraction of sp³-hybridized carbons (Fsp3) is 0.455. The Morgan fingerprint density at radius 2 is 1.80 bits per heavy atom. The second-order valence-electron chi connectivity index (χ2n) is 4.53. The summed E-state index contributed by atoms with van der Waals surface area (Å²) < 4.78 is 27.1. The topological polar surface area (TPSA) is 20.2 Å². The van der Waals surface area contributed by atoms with E-state index in [0.29, 0.717) is 0 Å². The smallest absolute Gasteiger partial charge is 0.146 e. The van der Waals surface area contributed by atoms with E-state index < -0.39 is 23.2 Å². The van der Waals surface area contributed by atoms with Crippen molar-refractivity contribution in [2.45, 2.75) is 26.9 Å². The molecular formula is C11H13BrF2O. The molecule has 1 nitrogen and oxygen atoms in total. The lowest BCUT2D eigenvalue weighted by atomic mass is 9.84. The number of rotatable bonds is 1. The molecule has 0 saturated heterocycles. The molecule has 1 aromatic carbocycles. The standard InChI is InChI=1S/C11H13BrF2O/c1-11(2,3)10(15)8-7(13)5-4-6(12)9(8)14/h4-5,10,15H,1-3H3. The van der Waals surface area contributed by atoms with Crippen LogP contribution < -0.4 is 0 Å². The van der Waals surface area contributed by atoms with Gasteiger partial charge in [-0.2, -0.15) is 0 Å². The summed E-state index contributed by atoms with van der Waals surface area (Å²) in [6.45, 7) is 5.16.